The molecule has 0 radical (unpaired) electrons. The Bertz CT molecular complexity index is 3070. The second kappa shape index (κ2) is 17.3. The smallest absolute Gasteiger partial charge is 0.198 e. The topological polar surface area (TPSA) is 55.8 Å². The number of aromatic nitrogens is 2. The van der Waals surface area contributed by atoms with Gasteiger partial charge in [-0.15, -0.1) is 0 Å². The van der Waals surface area contributed by atoms with Crippen LogP contribution in [-0.4, -0.2) is 38.6 Å². The van der Waals surface area contributed by atoms with Crippen LogP contribution in [0.2, 0.25) is 0 Å². The van der Waals surface area contributed by atoms with E-state index in [9.17, 15) is 0 Å². The Kier molecular flexibility index (Phi) is 10.5. The fourth-order valence-corrected chi connectivity index (χ4v) is 11.3. The number of allylic oxidation sites excluding steroid dienone is 2. The van der Waals surface area contributed by atoms with Crippen LogP contribution in [0, 0.1) is 13.8 Å². The van der Waals surface area contributed by atoms with E-state index in [2.05, 4.69) is 203 Å². The number of aryl methyl sites for hydroxylation is 2. The van der Waals surface area contributed by atoms with Gasteiger partial charge in [-0.05, 0) is 120 Å². The molecule has 0 aliphatic carbocycles. The van der Waals surface area contributed by atoms with Crippen LogP contribution in [0.25, 0.3) is 11.1 Å². The lowest BCUT2D eigenvalue weighted by atomic mass is 9.79. The highest BCUT2D eigenvalue weighted by molar-refractivity contribution is 6.45. The number of fused-ring (bicyclic) bond motifs is 4. The summed E-state index contributed by atoms with van der Waals surface area (Å²) in [5, 5.41) is 0. The molecule has 0 N–H and O–H groups in total. The normalized spacial score (nSPS) is 17.6. The lowest BCUT2D eigenvalue weighted by Crippen LogP contribution is -2.43. The third-order valence-corrected chi connectivity index (χ3v) is 14.3. The molecule has 332 valence electrons. The Morgan fingerprint density at radius 2 is 0.868 bits per heavy atom. The minimum Gasteiger partial charge on any atom is -0.368 e. The van der Waals surface area contributed by atoms with Crippen molar-refractivity contribution in [1.29, 1.82) is 0 Å². The van der Waals surface area contributed by atoms with Gasteiger partial charge in [0.15, 0.2) is 5.78 Å². The van der Waals surface area contributed by atoms with Crippen molar-refractivity contribution in [2.24, 2.45) is 0 Å². The van der Waals surface area contributed by atoms with Crippen LogP contribution in [0.15, 0.2) is 206 Å². The van der Waals surface area contributed by atoms with Crippen LogP contribution < -0.4 is 9.80 Å². The summed E-state index contributed by atoms with van der Waals surface area (Å²) in [4.78, 5) is 37.6. The molecule has 6 aromatic carbocycles. The Hall–Kier alpha value is -8.03. The molecule has 0 bridgehead atoms. The minimum absolute atomic E-state index is 0.0223. The average Bonchev–Trinajstić information content (AvgIpc) is 3.39. The Morgan fingerprint density at radius 3 is 1.29 bits per heavy atom. The SMILES string of the molecule is Cc1cccc(N2c3ncccc3C(C(=O)C3=C(N4CCc5ccccc5C4)C(c4ccccc4)N(c4cccc(C)c4)c4ncccc43)=C(N3CCc4ccccc4C3)C2c2ccccc2)c1. The van der Waals surface area contributed by atoms with Crippen molar-refractivity contribution in [2.45, 2.75) is 51.9 Å². The number of carbonyl (C=O) groups excluding carboxylic acids is 1. The van der Waals surface area contributed by atoms with Crippen LogP contribution in [0.1, 0.15) is 67.7 Å². The highest BCUT2D eigenvalue weighted by atomic mass is 16.1. The highest BCUT2D eigenvalue weighted by Crippen LogP contribution is 2.55. The van der Waals surface area contributed by atoms with Crippen molar-refractivity contribution in [3.05, 3.63) is 261 Å². The molecule has 0 saturated carbocycles. The first-order chi connectivity index (χ1) is 33.5. The molecule has 2 unspecified atom stereocenters. The molecule has 0 fully saturated rings. The van der Waals surface area contributed by atoms with Crippen molar-refractivity contribution >= 4 is 39.9 Å². The molecule has 68 heavy (non-hydrogen) atoms. The average molecular weight is 885 g/mol. The van der Waals surface area contributed by atoms with E-state index in [4.69, 9.17) is 9.97 Å². The number of Topliss-reactive ketones (excluding diaryl/α,β-unsaturated/α-hetero) is 1. The second-order valence-corrected chi connectivity index (χ2v) is 18.5. The van der Waals surface area contributed by atoms with Crippen molar-refractivity contribution in [3.8, 4) is 0 Å². The third kappa shape index (κ3) is 7.17. The van der Waals surface area contributed by atoms with Crippen LogP contribution >= 0.6 is 0 Å². The van der Waals surface area contributed by atoms with Gasteiger partial charge in [0.05, 0.1) is 22.5 Å². The molecule has 0 saturated heterocycles. The maximum atomic E-state index is 17.4. The molecule has 6 heterocycles. The van der Waals surface area contributed by atoms with Gasteiger partial charge >= 0.3 is 0 Å². The summed E-state index contributed by atoms with van der Waals surface area (Å²) in [7, 11) is 0. The molecule has 7 nitrogen and oxygen atoms in total. The molecular weight excluding hydrogens is 833 g/mol. The van der Waals surface area contributed by atoms with Crippen molar-refractivity contribution in [3.63, 3.8) is 0 Å². The zero-order chi connectivity index (χ0) is 45.7. The number of ketones is 1. The lowest BCUT2D eigenvalue weighted by molar-refractivity contribution is -0.109. The second-order valence-electron chi connectivity index (χ2n) is 18.5. The van der Waals surface area contributed by atoms with E-state index in [-0.39, 0.29) is 17.9 Å². The lowest BCUT2D eigenvalue weighted by Gasteiger charge is -2.47. The molecular formula is C61H52N6O. The molecule has 7 heteroatoms. The number of hydrogen-bond donors (Lipinski definition) is 0. The number of benzene rings is 6. The summed E-state index contributed by atoms with van der Waals surface area (Å²) in [5.41, 5.74) is 16.8. The first-order valence-corrected chi connectivity index (χ1v) is 23.9. The van der Waals surface area contributed by atoms with Gasteiger partial charge in [-0.3, -0.25) is 4.79 Å². The largest absolute Gasteiger partial charge is 0.368 e. The van der Waals surface area contributed by atoms with Crippen molar-refractivity contribution in [2.75, 3.05) is 22.9 Å². The fourth-order valence-electron chi connectivity index (χ4n) is 11.3. The van der Waals surface area contributed by atoms with E-state index in [1.54, 1.807) is 0 Å². The Labute approximate surface area is 399 Å². The van der Waals surface area contributed by atoms with Gasteiger partial charge in [-0.2, -0.15) is 0 Å². The molecule has 8 aromatic rings. The predicted octanol–water partition coefficient (Wildman–Crippen LogP) is 12.7. The number of carbonyl (C=O) groups is 1. The molecule has 0 amide bonds. The summed E-state index contributed by atoms with van der Waals surface area (Å²) < 4.78 is 0. The maximum Gasteiger partial charge on any atom is 0.198 e. The van der Waals surface area contributed by atoms with Gasteiger partial charge in [0, 0.05) is 61.1 Å². The number of rotatable bonds is 8. The Balaban J connectivity index is 1.19. The number of nitrogens with zero attached hydrogens (tertiary/aromatic N) is 6. The van der Waals surface area contributed by atoms with Crippen LogP contribution in [-0.2, 0) is 30.7 Å². The standard InChI is InChI=1S/C61H52N6O/c1-41-17-13-27-49(37-41)66-55(45-21-5-3-6-22-45)57(64-35-31-43-19-9-11-25-47(43)39-64)53(51-29-15-33-62-60(51)66)59(68)54-52-30-16-34-63-61(52)67(50-28-14-18-42(2)38-50)56(46-23-7-4-8-24-46)58(54)65-36-32-44-20-10-12-26-48(44)40-65/h3-30,33-34,37-38,55-56H,31-32,35-36,39-40H2,1-2H3. The zero-order valence-electron chi connectivity index (χ0n) is 38.5. The van der Waals surface area contributed by atoms with Gasteiger partial charge < -0.3 is 19.6 Å². The van der Waals surface area contributed by atoms with Gasteiger partial charge in [-0.25, -0.2) is 9.97 Å². The number of anilines is 4. The van der Waals surface area contributed by atoms with E-state index in [1.165, 1.54) is 22.3 Å². The van der Waals surface area contributed by atoms with Crippen molar-refractivity contribution < 1.29 is 4.79 Å². The minimum atomic E-state index is -0.388. The zero-order valence-corrected chi connectivity index (χ0v) is 38.5. The van der Waals surface area contributed by atoms with E-state index in [1.807, 2.05) is 24.5 Å². The van der Waals surface area contributed by atoms with Crippen LogP contribution in [0.3, 0.4) is 0 Å². The number of hydrogen-bond acceptors (Lipinski definition) is 7. The summed E-state index contributed by atoms with van der Waals surface area (Å²) in [6, 6.07) is 63.9. The summed E-state index contributed by atoms with van der Waals surface area (Å²) in [6.45, 7) is 7.13. The Morgan fingerprint density at radius 1 is 0.456 bits per heavy atom. The van der Waals surface area contributed by atoms with Gasteiger partial charge in [-0.1, -0.05) is 133 Å². The van der Waals surface area contributed by atoms with Gasteiger partial charge in [0.25, 0.3) is 0 Å². The monoisotopic (exact) mass is 884 g/mol. The maximum absolute atomic E-state index is 17.4. The van der Waals surface area contributed by atoms with E-state index < -0.39 is 0 Å². The third-order valence-electron chi connectivity index (χ3n) is 14.3. The van der Waals surface area contributed by atoms with Crippen LogP contribution in [0.4, 0.5) is 23.0 Å². The van der Waals surface area contributed by atoms with E-state index >= 15 is 4.79 Å². The van der Waals surface area contributed by atoms with Gasteiger partial charge in [0.1, 0.15) is 23.7 Å². The molecule has 4 aliphatic heterocycles. The van der Waals surface area contributed by atoms with Crippen molar-refractivity contribution in [1.82, 2.24) is 19.8 Å². The molecule has 12 rings (SSSR count). The van der Waals surface area contributed by atoms with Crippen LogP contribution in [0.5, 0.6) is 0 Å². The number of pyridine rings is 2. The first-order valence-electron chi connectivity index (χ1n) is 23.9. The molecule has 2 aromatic heterocycles. The predicted molar refractivity (Wildman–Crippen MR) is 273 cm³/mol. The molecule has 2 atom stereocenters. The summed E-state index contributed by atoms with van der Waals surface area (Å²) in [6.07, 6.45) is 5.47. The van der Waals surface area contributed by atoms with Gasteiger partial charge in [0.2, 0.25) is 0 Å². The summed E-state index contributed by atoms with van der Waals surface area (Å²) in [5.74, 6) is 1.49. The quantitative estimate of drug-likeness (QED) is 0.151. The first kappa shape index (κ1) is 41.4. The fraction of sp³-hybridized carbons (Fsp3) is 0.164. The highest BCUT2D eigenvalue weighted by Gasteiger charge is 2.47. The van der Waals surface area contributed by atoms with E-state index in [0.717, 1.165) is 93.7 Å². The summed E-state index contributed by atoms with van der Waals surface area (Å²) >= 11 is 0. The molecule has 4 aliphatic rings. The van der Waals surface area contributed by atoms with E-state index in [0.29, 0.717) is 24.2 Å². The molecule has 0 spiro atoms.